The number of nitrogens with one attached hydrogen (secondary N) is 1. The van der Waals surface area contributed by atoms with E-state index >= 15 is 0 Å². The summed E-state index contributed by atoms with van der Waals surface area (Å²) in [5, 5.41) is 5.74. The van der Waals surface area contributed by atoms with Crippen molar-refractivity contribution in [3.05, 3.63) is 51.7 Å². The van der Waals surface area contributed by atoms with Crippen LogP contribution in [0.5, 0.6) is 0 Å². The van der Waals surface area contributed by atoms with Gasteiger partial charge in [0.15, 0.2) is 0 Å². The van der Waals surface area contributed by atoms with Gasteiger partial charge in [-0.05, 0) is 11.6 Å². The van der Waals surface area contributed by atoms with Crippen molar-refractivity contribution < 1.29 is 9.18 Å². The van der Waals surface area contributed by atoms with Gasteiger partial charge in [-0.3, -0.25) is 4.79 Å². The number of benzene rings is 1. The molecule has 1 aliphatic rings. The molecule has 110 valence electrons. The molecule has 0 atom stereocenters. The molecule has 2 heterocycles. The van der Waals surface area contributed by atoms with E-state index in [1.54, 1.807) is 28.5 Å². The molecule has 1 aromatic heterocycles. The standard InChI is InChI=1S/C15H16FN3OS/c16-12-4-2-1-3-11(12)9-14-18-13(10-21-14)15(20)19-7-5-17-6-8-19/h1-4,10,17H,5-9H2. The Balaban J connectivity index is 1.71. The first-order valence-corrected chi connectivity index (χ1v) is 7.80. The molecular formula is C15H16FN3OS. The summed E-state index contributed by atoms with van der Waals surface area (Å²) in [5.41, 5.74) is 1.07. The second kappa shape index (κ2) is 6.32. The van der Waals surface area contributed by atoms with Crippen LogP contribution in [0, 0.1) is 5.82 Å². The first-order chi connectivity index (χ1) is 10.2. The molecule has 1 amide bonds. The highest BCUT2D eigenvalue weighted by atomic mass is 32.1. The number of rotatable bonds is 3. The van der Waals surface area contributed by atoms with Crippen LogP contribution in [0.2, 0.25) is 0 Å². The van der Waals surface area contributed by atoms with Crippen LogP contribution in [0.15, 0.2) is 29.6 Å². The Morgan fingerprint density at radius 1 is 1.33 bits per heavy atom. The third-order valence-corrected chi connectivity index (χ3v) is 4.32. The second-order valence-electron chi connectivity index (χ2n) is 4.94. The van der Waals surface area contributed by atoms with E-state index in [0.717, 1.165) is 18.1 Å². The van der Waals surface area contributed by atoms with Crippen molar-refractivity contribution in [2.24, 2.45) is 0 Å². The lowest BCUT2D eigenvalue weighted by molar-refractivity contribution is 0.0730. The summed E-state index contributed by atoms with van der Waals surface area (Å²) in [6, 6.07) is 6.66. The van der Waals surface area contributed by atoms with Crippen LogP contribution >= 0.6 is 11.3 Å². The van der Waals surface area contributed by atoms with Crippen molar-refractivity contribution in [1.82, 2.24) is 15.2 Å². The summed E-state index contributed by atoms with van der Waals surface area (Å²) < 4.78 is 13.6. The minimum absolute atomic E-state index is 0.0347. The highest BCUT2D eigenvalue weighted by Gasteiger charge is 2.20. The summed E-state index contributed by atoms with van der Waals surface area (Å²) in [6.07, 6.45) is 0.423. The number of nitrogens with zero attached hydrogens (tertiary/aromatic N) is 2. The average molecular weight is 305 g/mol. The summed E-state index contributed by atoms with van der Waals surface area (Å²) >= 11 is 1.40. The molecule has 1 aliphatic heterocycles. The van der Waals surface area contributed by atoms with E-state index in [0.29, 0.717) is 30.8 Å². The predicted molar refractivity (Wildman–Crippen MR) is 80.1 cm³/mol. The van der Waals surface area contributed by atoms with E-state index in [1.165, 1.54) is 17.4 Å². The lowest BCUT2D eigenvalue weighted by Crippen LogP contribution is -2.46. The first-order valence-electron chi connectivity index (χ1n) is 6.92. The molecule has 0 saturated carbocycles. The van der Waals surface area contributed by atoms with Crippen LogP contribution < -0.4 is 5.32 Å². The van der Waals surface area contributed by atoms with Gasteiger partial charge in [0.1, 0.15) is 11.5 Å². The zero-order valence-corrected chi connectivity index (χ0v) is 12.3. The molecule has 1 saturated heterocycles. The Morgan fingerprint density at radius 3 is 2.86 bits per heavy atom. The lowest BCUT2D eigenvalue weighted by atomic mass is 10.1. The molecule has 1 aromatic carbocycles. The molecule has 4 nitrogen and oxygen atoms in total. The van der Waals surface area contributed by atoms with Crippen molar-refractivity contribution in [2.45, 2.75) is 6.42 Å². The van der Waals surface area contributed by atoms with E-state index in [4.69, 9.17) is 0 Å². The molecule has 0 aliphatic carbocycles. The molecule has 0 radical (unpaired) electrons. The highest BCUT2D eigenvalue weighted by molar-refractivity contribution is 7.09. The summed E-state index contributed by atoms with van der Waals surface area (Å²) in [5.74, 6) is -0.268. The van der Waals surface area contributed by atoms with Crippen LogP contribution in [0.4, 0.5) is 4.39 Å². The van der Waals surface area contributed by atoms with E-state index in [-0.39, 0.29) is 11.7 Å². The van der Waals surface area contributed by atoms with Gasteiger partial charge in [0.05, 0.1) is 5.01 Å². The fourth-order valence-corrected chi connectivity index (χ4v) is 3.12. The predicted octanol–water partition coefficient (Wildman–Crippen LogP) is 1.92. The third kappa shape index (κ3) is 3.28. The summed E-state index contributed by atoms with van der Waals surface area (Å²) in [4.78, 5) is 18.5. The zero-order chi connectivity index (χ0) is 14.7. The number of carbonyl (C=O) groups is 1. The van der Waals surface area contributed by atoms with Gasteiger partial charge in [-0.15, -0.1) is 11.3 Å². The second-order valence-corrected chi connectivity index (χ2v) is 5.88. The monoisotopic (exact) mass is 305 g/mol. The van der Waals surface area contributed by atoms with Crippen molar-refractivity contribution in [3.8, 4) is 0 Å². The normalized spacial score (nSPS) is 15.2. The number of halogens is 1. The number of hydrogen-bond donors (Lipinski definition) is 1. The SMILES string of the molecule is O=C(c1csc(Cc2ccccc2F)n1)N1CCNCC1. The van der Waals surface area contributed by atoms with Crippen LogP contribution in [0.25, 0.3) is 0 Å². The Bertz CT molecular complexity index is 637. The van der Waals surface area contributed by atoms with Gasteiger partial charge in [0, 0.05) is 38.0 Å². The van der Waals surface area contributed by atoms with Crippen molar-refractivity contribution >= 4 is 17.2 Å². The maximum atomic E-state index is 13.6. The Morgan fingerprint density at radius 2 is 2.10 bits per heavy atom. The minimum atomic E-state index is -0.234. The minimum Gasteiger partial charge on any atom is -0.335 e. The van der Waals surface area contributed by atoms with Gasteiger partial charge in [0.2, 0.25) is 0 Å². The van der Waals surface area contributed by atoms with Crippen LogP contribution in [-0.4, -0.2) is 42.0 Å². The number of amides is 1. The van der Waals surface area contributed by atoms with Gasteiger partial charge < -0.3 is 10.2 Å². The number of hydrogen-bond acceptors (Lipinski definition) is 4. The fourth-order valence-electron chi connectivity index (χ4n) is 2.32. The van der Waals surface area contributed by atoms with Gasteiger partial charge in [-0.2, -0.15) is 0 Å². The Hall–Kier alpha value is -1.79. The van der Waals surface area contributed by atoms with Crippen molar-refractivity contribution in [1.29, 1.82) is 0 Å². The number of piperazine rings is 1. The topological polar surface area (TPSA) is 45.2 Å². The van der Waals surface area contributed by atoms with Gasteiger partial charge in [-0.25, -0.2) is 9.37 Å². The van der Waals surface area contributed by atoms with E-state index in [1.807, 2.05) is 0 Å². The van der Waals surface area contributed by atoms with E-state index < -0.39 is 0 Å². The van der Waals surface area contributed by atoms with Crippen molar-refractivity contribution in [2.75, 3.05) is 26.2 Å². The van der Waals surface area contributed by atoms with Crippen LogP contribution in [0.1, 0.15) is 21.1 Å². The summed E-state index contributed by atoms with van der Waals surface area (Å²) in [6.45, 7) is 3.05. The lowest BCUT2D eigenvalue weighted by Gasteiger charge is -2.26. The van der Waals surface area contributed by atoms with Gasteiger partial charge >= 0.3 is 0 Å². The number of aromatic nitrogens is 1. The molecule has 3 rings (SSSR count). The molecule has 0 spiro atoms. The molecule has 6 heteroatoms. The largest absolute Gasteiger partial charge is 0.335 e. The quantitative estimate of drug-likeness (QED) is 0.942. The van der Waals surface area contributed by atoms with Crippen molar-refractivity contribution in [3.63, 3.8) is 0 Å². The molecule has 0 unspecified atom stereocenters. The fraction of sp³-hybridized carbons (Fsp3) is 0.333. The molecule has 1 fully saturated rings. The first kappa shape index (κ1) is 14.2. The maximum absolute atomic E-state index is 13.6. The average Bonchev–Trinajstić information content (AvgIpc) is 2.98. The number of carbonyl (C=O) groups excluding carboxylic acids is 1. The molecule has 2 aromatic rings. The van der Waals surface area contributed by atoms with Crippen LogP contribution in [0.3, 0.4) is 0 Å². The number of thiazole rings is 1. The molecule has 0 bridgehead atoms. The molecule has 21 heavy (non-hydrogen) atoms. The zero-order valence-electron chi connectivity index (χ0n) is 11.5. The highest BCUT2D eigenvalue weighted by Crippen LogP contribution is 2.18. The molecule has 1 N–H and O–H groups in total. The smallest absolute Gasteiger partial charge is 0.273 e. The maximum Gasteiger partial charge on any atom is 0.273 e. The van der Waals surface area contributed by atoms with Gasteiger partial charge in [0.25, 0.3) is 5.91 Å². The van der Waals surface area contributed by atoms with E-state index in [9.17, 15) is 9.18 Å². The van der Waals surface area contributed by atoms with Gasteiger partial charge in [-0.1, -0.05) is 18.2 Å². The summed E-state index contributed by atoms with van der Waals surface area (Å²) in [7, 11) is 0. The van der Waals surface area contributed by atoms with E-state index in [2.05, 4.69) is 10.3 Å². The third-order valence-electron chi connectivity index (χ3n) is 3.47. The van der Waals surface area contributed by atoms with Crippen LogP contribution in [-0.2, 0) is 6.42 Å². The Kier molecular flexibility index (Phi) is 4.26. The Labute approximate surface area is 126 Å². The molecular weight excluding hydrogens is 289 g/mol.